The van der Waals surface area contributed by atoms with E-state index in [0.717, 1.165) is 18.1 Å². The second-order valence-electron chi connectivity index (χ2n) is 5.42. The highest BCUT2D eigenvalue weighted by molar-refractivity contribution is 8.13. The summed E-state index contributed by atoms with van der Waals surface area (Å²) in [5.74, 6) is 1.86. The van der Waals surface area contributed by atoms with E-state index in [0.29, 0.717) is 12.0 Å². The molecule has 0 aromatic heterocycles. The summed E-state index contributed by atoms with van der Waals surface area (Å²) in [7, 11) is 0. The smallest absolute Gasteiger partial charge is 0.157 e. The van der Waals surface area contributed by atoms with Crippen LogP contribution in [-0.2, 0) is 13.0 Å². The zero-order chi connectivity index (χ0) is 13.7. The van der Waals surface area contributed by atoms with E-state index in [-0.39, 0.29) is 0 Å². The monoisotopic (exact) mass is 276 g/mol. The number of amidine groups is 1. The van der Waals surface area contributed by atoms with Crippen LogP contribution in [0.4, 0.5) is 0 Å². The highest BCUT2D eigenvalue weighted by Gasteiger charge is 2.19. The molecule has 1 saturated heterocycles. The molecule has 2 nitrogen and oxygen atoms in total. The first-order valence-corrected chi connectivity index (χ1v) is 8.19. The summed E-state index contributed by atoms with van der Waals surface area (Å²) in [5, 5.41) is 4.67. The second kappa shape index (κ2) is 6.99. The summed E-state index contributed by atoms with van der Waals surface area (Å²) in [6.07, 6.45) is 2.34. The molecule has 1 aliphatic heterocycles. The molecule has 2 rings (SSSR count). The lowest BCUT2D eigenvalue weighted by Gasteiger charge is -2.28. The van der Waals surface area contributed by atoms with Gasteiger partial charge in [0.25, 0.3) is 0 Å². The highest BCUT2D eigenvalue weighted by Crippen LogP contribution is 2.19. The fourth-order valence-corrected chi connectivity index (χ4v) is 3.15. The van der Waals surface area contributed by atoms with Crippen LogP contribution >= 0.6 is 11.8 Å². The average molecular weight is 276 g/mol. The molecule has 104 valence electrons. The van der Waals surface area contributed by atoms with Gasteiger partial charge >= 0.3 is 0 Å². The minimum absolute atomic E-state index is 0.586. The van der Waals surface area contributed by atoms with Gasteiger partial charge in [-0.1, -0.05) is 56.8 Å². The maximum atomic E-state index is 4.71. The van der Waals surface area contributed by atoms with Gasteiger partial charge in [0, 0.05) is 11.8 Å². The van der Waals surface area contributed by atoms with Gasteiger partial charge in [0.05, 0.1) is 6.54 Å². The quantitative estimate of drug-likeness (QED) is 0.903. The number of aliphatic imine (C=N–C) groups is 1. The number of benzene rings is 1. The fraction of sp³-hybridized carbons (Fsp3) is 0.562. The van der Waals surface area contributed by atoms with Crippen LogP contribution in [0.1, 0.15) is 38.3 Å². The van der Waals surface area contributed by atoms with Crippen molar-refractivity contribution in [1.82, 2.24) is 5.32 Å². The molecular formula is C16H24N2S. The van der Waals surface area contributed by atoms with Crippen LogP contribution in [0.25, 0.3) is 0 Å². The van der Waals surface area contributed by atoms with Crippen molar-refractivity contribution in [2.45, 2.75) is 46.2 Å². The molecule has 1 aromatic carbocycles. The molecule has 0 saturated carbocycles. The minimum atomic E-state index is 0.586. The molecule has 0 bridgehead atoms. The summed E-state index contributed by atoms with van der Waals surface area (Å²) in [6, 6.07) is 9.37. The van der Waals surface area contributed by atoms with Gasteiger partial charge in [0.15, 0.2) is 5.17 Å². The van der Waals surface area contributed by atoms with Crippen LogP contribution in [0.15, 0.2) is 29.3 Å². The Morgan fingerprint density at radius 2 is 1.95 bits per heavy atom. The zero-order valence-electron chi connectivity index (χ0n) is 12.1. The first kappa shape index (κ1) is 14.4. The predicted molar refractivity (Wildman–Crippen MR) is 85.8 cm³/mol. The average Bonchev–Trinajstić information content (AvgIpc) is 2.46. The standard InChI is InChI=1S/C16H24N2S/c1-4-13-5-7-14(8-6-13)11-17-16-18-15(12(2)3)9-10-19-16/h5-8,12,15H,4,9-11H2,1-3H3,(H,17,18). The third-order valence-corrected chi connectivity index (χ3v) is 4.58. The molecule has 1 N–H and O–H groups in total. The van der Waals surface area contributed by atoms with Gasteiger partial charge in [0.1, 0.15) is 0 Å². The highest BCUT2D eigenvalue weighted by atomic mass is 32.2. The number of rotatable bonds is 4. The molecule has 0 radical (unpaired) electrons. The second-order valence-corrected chi connectivity index (χ2v) is 6.51. The van der Waals surface area contributed by atoms with Gasteiger partial charge in [0.2, 0.25) is 0 Å². The van der Waals surface area contributed by atoms with Gasteiger partial charge in [-0.05, 0) is 29.9 Å². The Hall–Kier alpha value is -0.960. The summed E-state index contributed by atoms with van der Waals surface area (Å²) in [5.41, 5.74) is 2.68. The third-order valence-electron chi connectivity index (χ3n) is 3.62. The van der Waals surface area contributed by atoms with Crippen molar-refractivity contribution in [3.63, 3.8) is 0 Å². The van der Waals surface area contributed by atoms with Crippen molar-refractivity contribution < 1.29 is 0 Å². The minimum Gasteiger partial charge on any atom is -0.362 e. The molecule has 1 atom stereocenters. The Morgan fingerprint density at radius 1 is 1.26 bits per heavy atom. The topological polar surface area (TPSA) is 24.4 Å². The fourth-order valence-electron chi connectivity index (χ4n) is 2.19. The Bertz CT molecular complexity index is 423. The van der Waals surface area contributed by atoms with Crippen LogP contribution < -0.4 is 5.32 Å². The van der Waals surface area contributed by atoms with E-state index in [1.807, 2.05) is 11.8 Å². The van der Waals surface area contributed by atoms with E-state index in [1.165, 1.54) is 23.3 Å². The van der Waals surface area contributed by atoms with Crippen molar-refractivity contribution in [1.29, 1.82) is 0 Å². The number of nitrogens with zero attached hydrogens (tertiary/aromatic N) is 1. The molecule has 1 fully saturated rings. The van der Waals surface area contributed by atoms with Gasteiger partial charge in [-0.25, -0.2) is 0 Å². The van der Waals surface area contributed by atoms with Crippen molar-refractivity contribution in [3.05, 3.63) is 35.4 Å². The molecule has 1 heterocycles. The van der Waals surface area contributed by atoms with E-state index in [9.17, 15) is 0 Å². The molecule has 3 heteroatoms. The maximum absolute atomic E-state index is 4.71. The Labute approximate surface area is 121 Å². The normalized spacial score (nSPS) is 21.7. The van der Waals surface area contributed by atoms with E-state index in [4.69, 9.17) is 4.99 Å². The SMILES string of the molecule is CCc1ccc(CN=C2NC(C(C)C)CCS2)cc1. The van der Waals surface area contributed by atoms with Crippen LogP contribution in [0, 0.1) is 5.92 Å². The lowest BCUT2D eigenvalue weighted by Crippen LogP contribution is -2.41. The molecule has 1 unspecified atom stereocenters. The van der Waals surface area contributed by atoms with E-state index in [2.05, 4.69) is 50.4 Å². The van der Waals surface area contributed by atoms with Crippen molar-refractivity contribution in [3.8, 4) is 0 Å². The van der Waals surface area contributed by atoms with E-state index in [1.54, 1.807) is 0 Å². The Morgan fingerprint density at radius 3 is 2.58 bits per heavy atom. The van der Waals surface area contributed by atoms with Crippen molar-refractivity contribution >= 4 is 16.9 Å². The van der Waals surface area contributed by atoms with Crippen LogP contribution in [0.5, 0.6) is 0 Å². The molecule has 0 spiro atoms. The van der Waals surface area contributed by atoms with Gasteiger partial charge in [-0.3, -0.25) is 4.99 Å². The van der Waals surface area contributed by atoms with E-state index < -0.39 is 0 Å². The number of aryl methyl sites for hydroxylation is 1. The van der Waals surface area contributed by atoms with Gasteiger partial charge in [-0.2, -0.15) is 0 Å². The van der Waals surface area contributed by atoms with Crippen LogP contribution in [-0.4, -0.2) is 17.0 Å². The summed E-state index contributed by atoms with van der Waals surface area (Å²) < 4.78 is 0. The molecule has 1 aromatic rings. The predicted octanol–water partition coefficient (Wildman–Crippen LogP) is 3.86. The zero-order valence-corrected chi connectivity index (χ0v) is 13.0. The number of hydrogen-bond acceptors (Lipinski definition) is 2. The number of hydrogen-bond donors (Lipinski definition) is 1. The summed E-state index contributed by atoms with van der Waals surface area (Å²) in [6.45, 7) is 7.51. The molecule has 0 aliphatic carbocycles. The third kappa shape index (κ3) is 4.27. The summed E-state index contributed by atoms with van der Waals surface area (Å²) >= 11 is 1.85. The Kier molecular flexibility index (Phi) is 5.32. The largest absolute Gasteiger partial charge is 0.362 e. The lowest BCUT2D eigenvalue weighted by atomic mass is 10.0. The number of thioether (sulfide) groups is 1. The molecule has 0 amide bonds. The van der Waals surface area contributed by atoms with Crippen molar-refractivity contribution in [2.75, 3.05) is 5.75 Å². The van der Waals surface area contributed by atoms with Crippen LogP contribution in [0.2, 0.25) is 0 Å². The van der Waals surface area contributed by atoms with Crippen molar-refractivity contribution in [2.24, 2.45) is 10.9 Å². The maximum Gasteiger partial charge on any atom is 0.157 e. The van der Waals surface area contributed by atoms with Gasteiger partial charge < -0.3 is 5.32 Å². The lowest BCUT2D eigenvalue weighted by molar-refractivity contribution is 0.442. The molecular weight excluding hydrogens is 252 g/mol. The number of nitrogens with one attached hydrogen (secondary N) is 1. The molecule has 19 heavy (non-hydrogen) atoms. The Balaban J connectivity index is 1.93. The van der Waals surface area contributed by atoms with E-state index >= 15 is 0 Å². The first-order valence-electron chi connectivity index (χ1n) is 7.20. The van der Waals surface area contributed by atoms with Crippen LogP contribution in [0.3, 0.4) is 0 Å². The summed E-state index contributed by atoms with van der Waals surface area (Å²) in [4.78, 5) is 4.71. The molecule has 1 aliphatic rings. The van der Waals surface area contributed by atoms with Gasteiger partial charge in [-0.15, -0.1) is 0 Å². The first-order chi connectivity index (χ1) is 9.19.